The number of hydrogen-bond acceptors (Lipinski definition) is 2. The molecular weight excluding hydrogens is 188 g/mol. The Bertz CT molecular complexity index is 418. The van der Waals surface area contributed by atoms with Crippen molar-refractivity contribution in [3.8, 4) is 5.75 Å². The van der Waals surface area contributed by atoms with Crippen molar-refractivity contribution in [3.63, 3.8) is 0 Å². The average molecular weight is 202 g/mol. The number of ether oxygens (including phenoxy) is 1. The molecule has 2 aromatic rings. The number of furan rings is 1. The van der Waals surface area contributed by atoms with Crippen LogP contribution in [-0.2, 0) is 0 Å². The summed E-state index contributed by atoms with van der Waals surface area (Å²) in [6.45, 7) is 2.15. The highest BCUT2D eigenvalue weighted by atomic mass is 16.5. The van der Waals surface area contributed by atoms with Crippen LogP contribution in [0.15, 0.2) is 47.3 Å². The molecule has 0 amide bonds. The molecule has 0 unspecified atom stereocenters. The van der Waals surface area contributed by atoms with Crippen LogP contribution < -0.4 is 4.74 Å². The predicted octanol–water partition coefficient (Wildman–Crippen LogP) is 3.44. The number of benzene rings is 1. The maximum Gasteiger partial charge on any atom is 0.119 e. The molecule has 0 saturated carbocycles. The summed E-state index contributed by atoms with van der Waals surface area (Å²) in [5, 5.41) is 0. The highest BCUT2D eigenvalue weighted by Gasteiger charge is 2.09. The minimum absolute atomic E-state index is 0.332. The Balaban J connectivity index is 2.29. The first-order valence-corrected chi connectivity index (χ1v) is 4.97. The van der Waals surface area contributed by atoms with Crippen LogP contribution in [0, 0.1) is 0 Å². The van der Waals surface area contributed by atoms with E-state index >= 15 is 0 Å². The van der Waals surface area contributed by atoms with Gasteiger partial charge < -0.3 is 9.15 Å². The predicted molar refractivity (Wildman–Crippen MR) is 59.2 cm³/mol. The van der Waals surface area contributed by atoms with Crippen LogP contribution in [0.25, 0.3) is 0 Å². The molecule has 0 fully saturated rings. The van der Waals surface area contributed by atoms with E-state index in [4.69, 9.17) is 9.15 Å². The van der Waals surface area contributed by atoms with E-state index < -0.39 is 0 Å². The number of hydrogen-bond donors (Lipinski definition) is 0. The molecule has 78 valence electrons. The summed E-state index contributed by atoms with van der Waals surface area (Å²) in [5.74, 6) is 1.22. The fourth-order valence-corrected chi connectivity index (χ4v) is 1.62. The van der Waals surface area contributed by atoms with E-state index in [1.54, 1.807) is 19.6 Å². The van der Waals surface area contributed by atoms with Crippen LogP contribution >= 0.6 is 0 Å². The number of rotatable bonds is 3. The first-order chi connectivity index (χ1) is 7.31. The van der Waals surface area contributed by atoms with Gasteiger partial charge in [-0.05, 0) is 29.3 Å². The van der Waals surface area contributed by atoms with Crippen LogP contribution in [0.3, 0.4) is 0 Å². The van der Waals surface area contributed by atoms with E-state index in [0.29, 0.717) is 5.92 Å². The maximum atomic E-state index is 5.20. The summed E-state index contributed by atoms with van der Waals surface area (Å²) < 4.78 is 10.3. The molecule has 0 aliphatic heterocycles. The molecule has 0 spiro atoms. The summed E-state index contributed by atoms with van der Waals surface area (Å²) >= 11 is 0. The summed E-state index contributed by atoms with van der Waals surface area (Å²) in [5.41, 5.74) is 2.42. The third kappa shape index (κ3) is 2.04. The molecule has 1 aromatic carbocycles. The van der Waals surface area contributed by atoms with Gasteiger partial charge in [0.15, 0.2) is 0 Å². The van der Waals surface area contributed by atoms with E-state index in [0.717, 1.165) is 5.75 Å². The fraction of sp³-hybridized carbons (Fsp3) is 0.231. The molecule has 1 atom stereocenters. The third-order valence-corrected chi connectivity index (χ3v) is 2.64. The van der Waals surface area contributed by atoms with Crippen molar-refractivity contribution in [2.75, 3.05) is 7.11 Å². The monoisotopic (exact) mass is 202 g/mol. The molecule has 15 heavy (non-hydrogen) atoms. The van der Waals surface area contributed by atoms with E-state index in [9.17, 15) is 0 Å². The van der Waals surface area contributed by atoms with E-state index in [1.807, 2.05) is 18.2 Å². The third-order valence-electron chi connectivity index (χ3n) is 2.64. The van der Waals surface area contributed by atoms with Gasteiger partial charge in [-0.3, -0.25) is 0 Å². The summed E-state index contributed by atoms with van der Waals surface area (Å²) in [7, 11) is 1.68. The Kier molecular flexibility index (Phi) is 2.77. The lowest BCUT2D eigenvalue weighted by Gasteiger charge is -2.10. The van der Waals surface area contributed by atoms with Crippen LogP contribution in [0.1, 0.15) is 24.0 Å². The van der Waals surface area contributed by atoms with Crippen molar-refractivity contribution in [2.45, 2.75) is 12.8 Å². The van der Waals surface area contributed by atoms with Gasteiger partial charge in [-0.2, -0.15) is 0 Å². The highest BCUT2D eigenvalue weighted by Crippen LogP contribution is 2.26. The molecule has 0 N–H and O–H groups in total. The molecule has 1 aromatic heterocycles. The SMILES string of the molecule is COc1cccc([C@@H](C)c2ccoc2)c1. The van der Waals surface area contributed by atoms with Gasteiger partial charge in [0, 0.05) is 5.92 Å². The highest BCUT2D eigenvalue weighted by molar-refractivity contribution is 5.35. The quantitative estimate of drug-likeness (QED) is 0.760. The van der Waals surface area contributed by atoms with Crippen molar-refractivity contribution in [3.05, 3.63) is 54.0 Å². The molecule has 2 heteroatoms. The van der Waals surface area contributed by atoms with Crippen molar-refractivity contribution < 1.29 is 9.15 Å². The van der Waals surface area contributed by atoms with Gasteiger partial charge >= 0.3 is 0 Å². The Morgan fingerprint density at radius 1 is 1.20 bits per heavy atom. The van der Waals surface area contributed by atoms with Crippen molar-refractivity contribution in [2.24, 2.45) is 0 Å². The molecule has 2 rings (SSSR count). The van der Waals surface area contributed by atoms with Crippen LogP contribution in [0.5, 0.6) is 5.75 Å². The molecule has 2 nitrogen and oxygen atoms in total. The molecule has 0 aliphatic rings. The van der Waals surface area contributed by atoms with Gasteiger partial charge in [0.2, 0.25) is 0 Å². The van der Waals surface area contributed by atoms with Crippen LogP contribution in [0.4, 0.5) is 0 Å². The second-order valence-electron chi connectivity index (χ2n) is 3.55. The first kappa shape index (κ1) is 9.84. The van der Waals surface area contributed by atoms with E-state index in [2.05, 4.69) is 19.1 Å². The van der Waals surface area contributed by atoms with Crippen LogP contribution in [0.2, 0.25) is 0 Å². The second kappa shape index (κ2) is 4.22. The molecule has 0 radical (unpaired) electrons. The van der Waals surface area contributed by atoms with Gasteiger partial charge in [0.05, 0.1) is 19.6 Å². The Morgan fingerprint density at radius 2 is 2.07 bits per heavy atom. The van der Waals surface area contributed by atoms with Crippen LogP contribution in [-0.4, -0.2) is 7.11 Å². The normalized spacial score (nSPS) is 12.4. The zero-order valence-electron chi connectivity index (χ0n) is 8.94. The van der Waals surface area contributed by atoms with Crippen molar-refractivity contribution >= 4 is 0 Å². The lowest BCUT2D eigenvalue weighted by atomic mass is 9.95. The van der Waals surface area contributed by atoms with E-state index in [1.165, 1.54) is 11.1 Å². The topological polar surface area (TPSA) is 22.4 Å². The van der Waals surface area contributed by atoms with E-state index in [-0.39, 0.29) is 0 Å². The van der Waals surface area contributed by atoms with Gasteiger partial charge in [0.25, 0.3) is 0 Å². The molecule has 0 bridgehead atoms. The smallest absolute Gasteiger partial charge is 0.119 e. The van der Waals surface area contributed by atoms with Gasteiger partial charge in [-0.25, -0.2) is 0 Å². The lowest BCUT2D eigenvalue weighted by molar-refractivity contribution is 0.414. The Morgan fingerprint density at radius 3 is 2.73 bits per heavy atom. The molecule has 0 saturated heterocycles. The summed E-state index contributed by atoms with van der Waals surface area (Å²) in [4.78, 5) is 0. The Hall–Kier alpha value is -1.70. The minimum atomic E-state index is 0.332. The Labute approximate surface area is 89.5 Å². The minimum Gasteiger partial charge on any atom is -0.497 e. The largest absolute Gasteiger partial charge is 0.497 e. The number of methoxy groups -OCH3 is 1. The standard InChI is InChI=1S/C13H14O2/c1-10(12-6-7-15-9-12)11-4-3-5-13(8-11)14-2/h3-10H,1-2H3/t10-/m1/s1. The van der Waals surface area contributed by atoms with Gasteiger partial charge in [-0.1, -0.05) is 19.1 Å². The maximum absolute atomic E-state index is 5.20. The molecular formula is C13H14O2. The van der Waals surface area contributed by atoms with Gasteiger partial charge in [-0.15, -0.1) is 0 Å². The summed E-state index contributed by atoms with van der Waals surface area (Å²) in [6, 6.07) is 10.1. The second-order valence-corrected chi connectivity index (χ2v) is 3.55. The molecule has 1 heterocycles. The van der Waals surface area contributed by atoms with Crippen molar-refractivity contribution in [1.82, 2.24) is 0 Å². The zero-order valence-corrected chi connectivity index (χ0v) is 8.94. The zero-order chi connectivity index (χ0) is 10.7. The van der Waals surface area contributed by atoms with Gasteiger partial charge in [0.1, 0.15) is 5.75 Å². The van der Waals surface area contributed by atoms with Crippen molar-refractivity contribution in [1.29, 1.82) is 0 Å². The fourth-order valence-electron chi connectivity index (χ4n) is 1.62. The summed E-state index contributed by atoms with van der Waals surface area (Å²) in [6.07, 6.45) is 3.48. The average Bonchev–Trinajstić information content (AvgIpc) is 2.81. The molecule has 0 aliphatic carbocycles. The lowest BCUT2D eigenvalue weighted by Crippen LogP contribution is -1.94. The first-order valence-electron chi connectivity index (χ1n) is 4.97.